The predicted octanol–water partition coefficient (Wildman–Crippen LogP) is 3.05. The summed E-state index contributed by atoms with van der Waals surface area (Å²) in [7, 11) is 1.80. The van der Waals surface area contributed by atoms with Crippen molar-refractivity contribution in [1.29, 1.82) is 0 Å². The number of hydrogen-bond donors (Lipinski definition) is 2. The molecule has 2 N–H and O–H groups in total. The van der Waals surface area contributed by atoms with Crippen LogP contribution in [0.5, 0.6) is 5.75 Å². The zero-order valence-electron chi connectivity index (χ0n) is 16.6. The van der Waals surface area contributed by atoms with Gasteiger partial charge >= 0.3 is 0 Å². The molecule has 0 spiro atoms. The average molecular weight is 349 g/mol. The molecule has 0 heterocycles. The molecule has 1 aromatic rings. The van der Waals surface area contributed by atoms with Crippen LogP contribution in [0.1, 0.15) is 39.2 Å². The van der Waals surface area contributed by atoms with Gasteiger partial charge in [-0.1, -0.05) is 26.0 Å². The minimum Gasteiger partial charge on any atom is -0.489 e. The summed E-state index contributed by atoms with van der Waals surface area (Å²) >= 11 is 0. The second-order valence-electron chi connectivity index (χ2n) is 6.36. The third-order valence-corrected chi connectivity index (χ3v) is 4.20. The maximum Gasteiger partial charge on any atom is 0.191 e. The number of rotatable bonds is 11. The van der Waals surface area contributed by atoms with Gasteiger partial charge in [-0.2, -0.15) is 0 Å². The van der Waals surface area contributed by atoms with Gasteiger partial charge in [-0.05, 0) is 64.0 Å². The summed E-state index contributed by atoms with van der Waals surface area (Å²) in [6, 6.07) is 8.14. The lowest BCUT2D eigenvalue weighted by atomic mass is 10.2. The lowest BCUT2D eigenvalue weighted by molar-refractivity contribution is 0.223. The smallest absolute Gasteiger partial charge is 0.191 e. The van der Waals surface area contributed by atoms with Crippen molar-refractivity contribution in [1.82, 2.24) is 15.5 Å². The van der Waals surface area contributed by atoms with Crippen LogP contribution in [-0.2, 0) is 0 Å². The van der Waals surface area contributed by atoms with Crippen molar-refractivity contribution in [3.8, 4) is 5.75 Å². The number of nitrogens with one attached hydrogen (secondary N) is 2. The largest absolute Gasteiger partial charge is 0.489 e. The van der Waals surface area contributed by atoms with Gasteiger partial charge in [0.1, 0.15) is 11.9 Å². The molecule has 1 unspecified atom stereocenters. The van der Waals surface area contributed by atoms with Crippen LogP contribution in [0.25, 0.3) is 0 Å². The Morgan fingerprint density at radius 1 is 1.20 bits per heavy atom. The molecule has 0 aromatic heterocycles. The Labute approximate surface area is 153 Å². The molecule has 5 heteroatoms. The van der Waals surface area contributed by atoms with Gasteiger partial charge in [0.25, 0.3) is 0 Å². The van der Waals surface area contributed by atoms with Gasteiger partial charge in [-0.3, -0.25) is 4.99 Å². The van der Waals surface area contributed by atoms with Gasteiger partial charge in [0.05, 0.1) is 6.54 Å². The Morgan fingerprint density at radius 3 is 2.60 bits per heavy atom. The highest BCUT2D eigenvalue weighted by Gasteiger charge is 2.06. The van der Waals surface area contributed by atoms with E-state index in [1.54, 1.807) is 7.05 Å². The van der Waals surface area contributed by atoms with Crippen LogP contribution in [0.4, 0.5) is 0 Å². The molecule has 142 valence electrons. The van der Waals surface area contributed by atoms with Crippen molar-refractivity contribution in [2.45, 2.75) is 46.6 Å². The number of aliphatic imine (C=N–C) groups is 1. The minimum atomic E-state index is 0.0722. The highest BCUT2D eigenvalue weighted by atomic mass is 16.5. The van der Waals surface area contributed by atoms with E-state index < -0.39 is 0 Å². The van der Waals surface area contributed by atoms with Gasteiger partial charge in [0.15, 0.2) is 5.96 Å². The van der Waals surface area contributed by atoms with Crippen LogP contribution in [0.15, 0.2) is 29.3 Å². The molecule has 1 rings (SSSR count). The van der Waals surface area contributed by atoms with Gasteiger partial charge < -0.3 is 20.3 Å². The standard InChI is InChI=1S/C20H36N4O/c1-6-24(7-2)14-9-8-13-22-20(21-5)23-16-18(4)25-19-12-10-11-17(3)15-19/h10-12,15,18H,6-9,13-14,16H2,1-5H3,(H2,21,22,23). The van der Waals surface area contributed by atoms with E-state index in [1.165, 1.54) is 18.5 Å². The maximum absolute atomic E-state index is 5.93. The van der Waals surface area contributed by atoms with E-state index in [0.29, 0.717) is 6.54 Å². The molecular weight excluding hydrogens is 312 g/mol. The fourth-order valence-corrected chi connectivity index (χ4v) is 2.63. The summed E-state index contributed by atoms with van der Waals surface area (Å²) in [5.74, 6) is 1.75. The van der Waals surface area contributed by atoms with E-state index in [4.69, 9.17) is 4.74 Å². The van der Waals surface area contributed by atoms with E-state index in [-0.39, 0.29) is 6.10 Å². The van der Waals surface area contributed by atoms with Crippen molar-refractivity contribution in [3.05, 3.63) is 29.8 Å². The molecule has 0 radical (unpaired) electrons. The molecule has 25 heavy (non-hydrogen) atoms. The first-order chi connectivity index (χ1) is 12.1. The highest BCUT2D eigenvalue weighted by Crippen LogP contribution is 2.13. The van der Waals surface area contributed by atoms with Crippen LogP contribution in [0.3, 0.4) is 0 Å². The molecule has 0 aliphatic rings. The van der Waals surface area contributed by atoms with Crippen LogP contribution < -0.4 is 15.4 Å². The van der Waals surface area contributed by atoms with Gasteiger partial charge in [0.2, 0.25) is 0 Å². The van der Waals surface area contributed by atoms with Crippen molar-refractivity contribution in [2.75, 3.05) is 39.8 Å². The first-order valence-electron chi connectivity index (χ1n) is 9.49. The van der Waals surface area contributed by atoms with E-state index in [0.717, 1.165) is 37.8 Å². The summed E-state index contributed by atoms with van der Waals surface area (Å²) < 4.78 is 5.93. The Hall–Kier alpha value is -1.75. The fraction of sp³-hybridized carbons (Fsp3) is 0.650. The van der Waals surface area contributed by atoms with E-state index >= 15 is 0 Å². The topological polar surface area (TPSA) is 48.9 Å². The minimum absolute atomic E-state index is 0.0722. The third-order valence-electron chi connectivity index (χ3n) is 4.20. The monoisotopic (exact) mass is 348 g/mol. The summed E-state index contributed by atoms with van der Waals surface area (Å²) in [6.07, 6.45) is 2.42. The van der Waals surface area contributed by atoms with Crippen molar-refractivity contribution in [2.24, 2.45) is 4.99 Å². The third kappa shape index (κ3) is 9.34. The Bertz CT molecular complexity index is 500. The van der Waals surface area contributed by atoms with Crippen LogP contribution >= 0.6 is 0 Å². The highest BCUT2D eigenvalue weighted by molar-refractivity contribution is 5.79. The summed E-state index contributed by atoms with van der Waals surface area (Å²) in [5, 5.41) is 6.70. The molecule has 0 aliphatic heterocycles. The van der Waals surface area contributed by atoms with Crippen molar-refractivity contribution < 1.29 is 4.74 Å². The molecule has 1 aromatic carbocycles. The number of ether oxygens (including phenoxy) is 1. The number of unbranched alkanes of at least 4 members (excludes halogenated alkanes) is 1. The van der Waals surface area contributed by atoms with Gasteiger partial charge in [-0.15, -0.1) is 0 Å². The second-order valence-corrected chi connectivity index (χ2v) is 6.36. The van der Waals surface area contributed by atoms with E-state index in [9.17, 15) is 0 Å². The SMILES string of the molecule is CCN(CC)CCCCNC(=NC)NCC(C)Oc1cccc(C)c1. The summed E-state index contributed by atoms with van der Waals surface area (Å²) in [6.45, 7) is 13.6. The molecule has 0 saturated heterocycles. The maximum atomic E-state index is 5.93. The Balaban J connectivity index is 2.21. The average Bonchev–Trinajstić information content (AvgIpc) is 2.60. The molecule has 0 amide bonds. The molecular formula is C20H36N4O. The van der Waals surface area contributed by atoms with Gasteiger partial charge in [-0.25, -0.2) is 0 Å². The first kappa shape index (κ1) is 21.3. The number of aryl methyl sites for hydroxylation is 1. The van der Waals surface area contributed by atoms with Crippen molar-refractivity contribution >= 4 is 5.96 Å². The first-order valence-corrected chi connectivity index (χ1v) is 9.49. The molecule has 0 aliphatic carbocycles. The Morgan fingerprint density at radius 2 is 1.96 bits per heavy atom. The molecule has 0 saturated carbocycles. The van der Waals surface area contributed by atoms with Gasteiger partial charge in [0, 0.05) is 13.6 Å². The zero-order valence-corrected chi connectivity index (χ0v) is 16.6. The molecule has 0 fully saturated rings. The summed E-state index contributed by atoms with van der Waals surface area (Å²) in [5.41, 5.74) is 1.21. The lowest BCUT2D eigenvalue weighted by Crippen LogP contribution is -2.42. The van der Waals surface area contributed by atoms with Crippen LogP contribution in [0, 0.1) is 6.92 Å². The van der Waals surface area contributed by atoms with Crippen molar-refractivity contribution in [3.63, 3.8) is 0 Å². The predicted molar refractivity (Wildman–Crippen MR) is 108 cm³/mol. The molecule has 1 atom stereocenters. The number of hydrogen-bond acceptors (Lipinski definition) is 3. The fourth-order valence-electron chi connectivity index (χ4n) is 2.63. The quantitative estimate of drug-likeness (QED) is 0.367. The normalized spacial score (nSPS) is 13.0. The van der Waals surface area contributed by atoms with Crippen LogP contribution in [0.2, 0.25) is 0 Å². The second kappa shape index (κ2) is 12.6. The van der Waals surface area contributed by atoms with E-state index in [1.807, 2.05) is 12.1 Å². The van der Waals surface area contributed by atoms with E-state index in [2.05, 4.69) is 60.4 Å². The number of benzene rings is 1. The Kier molecular flexibility index (Phi) is 10.7. The lowest BCUT2D eigenvalue weighted by Gasteiger charge is -2.19. The number of guanidine groups is 1. The zero-order chi connectivity index (χ0) is 18.5. The summed E-state index contributed by atoms with van der Waals surface area (Å²) in [4.78, 5) is 6.73. The van der Waals surface area contributed by atoms with Crippen LogP contribution in [-0.4, -0.2) is 56.7 Å². The molecule has 0 bridgehead atoms. The number of nitrogens with zero attached hydrogens (tertiary/aromatic N) is 2. The molecule has 5 nitrogen and oxygen atoms in total.